The summed E-state index contributed by atoms with van der Waals surface area (Å²) in [5, 5.41) is 10.6. The first-order valence-corrected chi connectivity index (χ1v) is 15.9. The minimum absolute atomic E-state index is 0.0659. The highest BCUT2D eigenvalue weighted by Gasteiger charge is 2.35. The van der Waals surface area contributed by atoms with Gasteiger partial charge < -0.3 is 9.30 Å². The Balaban J connectivity index is 1.26. The van der Waals surface area contributed by atoms with E-state index in [1.54, 1.807) is 18.2 Å². The van der Waals surface area contributed by atoms with Crippen LogP contribution in [0.2, 0.25) is 0 Å². The summed E-state index contributed by atoms with van der Waals surface area (Å²) in [6.07, 6.45) is 1.79. The maximum atomic E-state index is 13.2. The number of amides is 2. The maximum absolute atomic E-state index is 13.2. The molecule has 0 aliphatic carbocycles. The number of aromatic nitrogens is 1. The van der Waals surface area contributed by atoms with Gasteiger partial charge in [-0.25, -0.2) is 0 Å². The highest BCUT2D eigenvalue weighted by atomic mass is 32.2. The molecule has 1 aliphatic rings. The molecule has 10 heteroatoms. The van der Waals surface area contributed by atoms with Crippen molar-refractivity contribution < 1.29 is 19.2 Å². The number of carbonyl (C=O) groups excluding carboxylic acids is 2. The number of rotatable bonds is 10. The zero-order chi connectivity index (χ0) is 31.5. The van der Waals surface area contributed by atoms with Crippen LogP contribution in [-0.2, 0) is 4.79 Å². The van der Waals surface area contributed by atoms with Gasteiger partial charge in [0.25, 0.3) is 16.8 Å². The summed E-state index contributed by atoms with van der Waals surface area (Å²) >= 11 is 2.48. The van der Waals surface area contributed by atoms with Crippen molar-refractivity contribution in [3.05, 3.63) is 116 Å². The fraction of sp³-hybridized carbons (Fsp3) is 0.235. The first-order chi connectivity index (χ1) is 21.0. The van der Waals surface area contributed by atoms with E-state index < -0.39 is 4.92 Å². The lowest BCUT2D eigenvalue weighted by Crippen LogP contribution is -2.32. The monoisotopic (exact) mass is 627 g/mol. The van der Waals surface area contributed by atoms with Crippen LogP contribution in [0.25, 0.3) is 11.8 Å². The Morgan fingerprint density at radius 1 is 0.955 bits per heavy atom. The standard InChI is InChI=1S/C34H33N3O5S2/c1-21(2)30-15-6-22(3)18-31(30)42-17-16-35-33(38)32(44-34(35)39)20-25-19-23(4)36(24(25)5)26-7-11-28(12-8-26)43-29-13-9-27(10-14-29)37(40)41/h6-15,18-21H,16-17H2,1-5H3/b32-20-. The van der Waals surface area contributed by atoms with Crippen molar-refractivity contribution in [3.8, 4) is 11.4 Å². The Morgan fingerprint density at radius 2 is 1.61 bits per heavy atom. The van der Waals surface area contributed by atoms with Gasteiger partial charge in [-0.1, -0.05) is 37.7 Å². The second kappa shape index (κ2) is 13.2. The van der Waals surface area contributed by atoms with Crippen LogP contribution in [0.5, 0.6) is 5.75 Å². The molecular formula is C34H33N3O5S2. The van der Waals surface area contributed by atoms with Crippen LogP contribution in [0.1, 0.15) is 47.8 Å². The van der Waals surface area contributed by atoms with Gasteiger partial charge in [0.15, 0.2) is 0 Å². The Bertz CT molecular complexity index is 1760. The molecule has 44 heavy (non-hydrogen) atoms. The number of nitro benzene ring substituents is 1. The molecule has 1 aliphatic heterocycles. The van der Waals surface area contributed by atoms with E-state index in [-0.39, 0.29) is 30.0 Å². The summed E-state index contributed by atoms with van der Waals surface area (Å²) in [5.74, 6) is 0.770. The summed E-state index contributed by atoms with van der Waals surface area (Å²) in [4.78, 5) is 40.1. The average molecular weight is 628 g/mol. The van der Waals surface area contributed by atoms with Crippen molar-refractivity contribution >= 4 is 46.4 Å². The smallest absolute Gasteiger partial charge is 0.293 e. The molecule has 8 nitrogen and oxygen atoms in total. The van der Waals surface area contributed by atoms with Crippen LogP contribution >= 0.6 is 23.5 Å². The van der Waals surface area contributed by atoms with Gasteiger partial charge in [-0.2, -0.15) is 0 Å². The molecular weight excluding hydrogens is 595 g/mol. The van der Waals surface area contributed by atoms with E-state index in [1.807, 2.05) is 57.2 Å². The van der Waals surface area contributed by atoms with Crippen LogP contribution in [0.3, 0.4) is 0 Å². The summed E-state index contributed by atoms with van der Waals surface area (Å²) < 4.78 is 8.14. The van der Waals surface area contributed by atoms with Crippen molar-refractivity contribution in [3.63, 3.8) is 0 Å². The molecule has 1 aromatic heterocycles. The number of non-ortho nitro benzene ring substituents is 1. The number of hydrogen-bond acceptors (Lipinski definition) is 7. The van der Waals surface area contributed by atoms with Gasteiger partial charge in [0.05, 0.1) is 16.4 Å². The molecule has 226 valence electrons. The molecule has 5 rings (SSSR count). The molecule has 0 unspecified atom stereocenters. The van der Waals surface area contributed by atoms with E-state index >= 15 is 0 Å². The van der Waals surface area contributed by atoms with Crippen molar-refractivity contribution in [1.82, 2.24) is 9.47 Å². The number of carbonyl (C=O) groups is 2. The summed E-state index contributed by atoms with van der Waals surface area (Å²) in [6.45, 7) is 10.6. The molecule has 0 atom stereocenters. The molecule has 3 aromatic carbocycles. The first-order valence-electron chi connectivity index (χ1n) is 14.2. The number of nitrogens with zero attached hydrogens (tertiary/aromatic N) is 3. The highest BCUT2D eigenvalue weighted by molar-refractivity contribution is 8.18. The first kappa shape index (κ1) is 31.2. The third kappa shape index (κ3) is 6.76. The second-order valence-electron chi connectivity index (χ2n) is 10.9. The van der Waals surface area contributed by atoms with Gasteiger partial charge in [0.1, 0.15) is 12.4 Å². The molecule has 0 radical (unpaired) electrons. The van der Waals surface area contributed by atoms with E-state index in [4.69, 9.17) is 4.74 Å². The zero-order valence-corrected chi connectivity index (χ0v) is 26.8. The van der Waals surface area contributed by atoms with Gasteiger partial charge in [-0.05, 0) is 110 Å². The number of benzene rings is 3. The van der Waals surface area contributed by atoms with Crippen LogP contribution in [0.4, 0.5) is 10.5 Å². The van der Waals surface area contributed by atoms with Gasteiger partial charge >= 0.3 is 0 Å². The quantitative estimate of drug-likeness (QED) is 0.0986. The summed E-state index contributed by atoms with van der Waals surface area (Å²) in [6, 6.07) is 22.7. The van der Waals surface area contributed by atoms with Crippen LogP contribution in [-0.4, -0.2) is 38.7 Å². The average Bonchev–Trinajstić information content (AvgIpc) is 3.41. The Hall–Kier alpha value is -4.28. The van der Waals surface area contributed by atoms with E-state index in [9.17, 15) is 19.7 Å². The van der Waals surface area contributed by atoms with Gasteiger partial charge in [0.2, 0.25) is 0 Å². The lowest BCUT2D eigenvalue weighted by Gasteiger charge is -2.17. The normalized spacial score (nSPS) is 14.2. The Morgan fingerprint density at radius 3 is 2.25 bits per heavy atom. The minimum Gasteiger partial charge on any atom is -0.491 e. The maximum Gasteiger partial charge on any atom is 0.293 e. The fourth-order valence-electron chi connectivity index (χ4n) is 5.09. The molecule has 0 N–H and O–H groups in total. The van der Waals surface area contributed by atoms with Crippen molar-refractivity contribution in [2.45, 2.75) is 50.3 Å². The number of thioether (sulfide) groups is 1. The number of aryl methyl sites for hydroxylation is 2. The molecule has 0 bridgehead atoms. The molecule has 0 saturated carbocycles. The van der Waals surface area contributed by atoms with Crippen LogP contribution in [0, 0.1) is 30.9 Å². The van der Waals surface area contributed by atoms with Crippen LogP contribution < -0.4 is 4.74 Å². The Kier molecular flexibility index (Phi) is 9.31. The lowest BCUT2D eigenvalue weighted by atomic mass is 10.0. The third-order valence-electron chi connectivity index (χ3n) is 7.37. The minimum atomic E-state index is -0.408. The number of ether oxygens (including phenoxy) is 1. The highest BCUT2D eigenvalue weighted by Crippen LogP contribution is 2.35. The largest absolute Gasteiger partial charge is 0.491 e. The Labute approximate surface area is 265 Å². The van der Waals surface area contributed by atoms with E-state index in [1.165, 1.54) is 28.8 Å². The molecule has 2 amide bonds. The molecule has 4 aromatic rings. The second-order valence-corrected chi connectivity index (χ2v) is 13.0. The molecule has 0 spiro atoms. The van der Waals surface area contributed by atoms with Crippen molar-refractivity contribution in [2.24, 2.45) is 0 Å². The van der Waals surface area contributed by atoms with Crippen molar-refractivity contribution in [2.75, 3.05) is 13.2 Å². The topological polar surface area (TPSA) is 94.7 Å². The van der Waals surface area contributed by atoms with Gasteiger partial charge in [0, 0.05) is 39.0 Å². The molecule has 2 heterocycles. The molecule has 1 saturated heterocycles. The number of imide groups is 1. The zero-order valence-electron chi connectivity index (χ0n) is 25.2. The predicted octanol–water partition coefficient (Wildman–Crippen LogP) is 8.70. The predicted molar refractivity (Wildman–Crippen MR) is 176 cm³/mol. The summed E-state index contributed by atoms with van der Waals surface area (Å²) in [7, 11) is 0. The number of nitro groups is 1. The van der Waals surface area contributed by atoms with Crippen LogP contribution in [0.15, 0.2) is 87.5 Å². The molecule has 1 fully saturated rings. The number of hydrogen-bond donors (Lipinski definition) is 0. The van der Waals surface area contributed by atoms with Crippen molar-refractivity contribution in [1.29, 1.82) is 0 Å². The van der Waals surface area contributed by atoms with Gasteiger partial charge in [-0.15, -0.1) is 0 Å². The third-order valence-corrected chi connectivity index (χ3v) is 9.30. The van der Waals surface area contributed by atoms with E-state index in [0.29, 0.717) is 10.8 Å². The van der Waals surface area contributed by atoms with E-state index in [2.05, 4.69) is 30.5 Å². The summed E-state index contributed by atoms with van der Waals surface area (Å²) in [5.41, 5.74) is 6.04. The fourth-order valence-corrected chi connectivity index (χ4v) is 6.76. The van der Waals surface area contributed by atoms with E-state index in [0.717, 1.165) is 61.1 Å². The SMILES string of the molecule is Cc1ccc(C(C)C)c(OCCN2C(=O)S/C(=C\c3cc(C)n(-c4ccc(Sc5ccc([N+](=O)[O-])cc5)cc4)c3C)C2=O)c1. The van der Waals surface area contributed by atoms with Gasteiger partial charge in [-0.3, -0.25) is 24.6 Å². The lowest BCUT2D eigenvalue weighted by molar-refractivity contribution is -0.384.